The number of nitrogens with one attached hydrogen (secondary N) is 2. The van der Waals surface area contributed by atoms with Crippen LogP contribution >= 0.6 is 0 Å². The summed E-state index contributed by atoms with van der Waals surface area (Å²) in [7, 11) is 0. The summed E-state index contributed by atoms with van der Waals surface area (Å²) in [6.07, 6.45) is 0.359. The lowest BCUT2D eigenvalue weighted by Crippen LogP contribution is -2.42. The fourth-order valence-electron chi connectivity index (χ4n) is 2.58. The third-order valence-electron chi connectivity index (χ3n) is 3.93. The van der Waals surface area contributed by atoms with Crippen LogP contribution in [0.5, 0.6) is 0 Å². The van der Waals surface area contributed by atoms with Gasteiger partial charge in [0.1, 0.15) is 0 Å². The fraction of sp³-hybridized carbons (Fsp3) is 0.562. The summed E-state index contributed by atoms with van der Waals surface area (Å²) in [6.45, 7) is 5.83. The van der Waals surface area contributed by atoms with Crippen molar-refractivity contribution in [3.63, 3.8) is 0 Å². The molecule has 4 heteroatoms. The van der Waals surface area contributed by atoms with Gasteiger partial charge in [-0.3, -0.25) is 4.79 Å². The summed E-state index contributed by atoms with van der Waals surface area (Å²) in [6, 6.07) is 10.0. The zero-order valence-corrected chi connectivity index (χ0v) is 12.2. The van der Waals surface area contributed by atoms with Crippen LogP contribution in [0.3, 0.4) is 0 Å². The molecular weight excluding hydrogens is 252 g/mol. The summed E-state index contributed by atoms with van der Waals surface area (Å²) >= 11 is 0. The number of hydrogen-bond donors (Lipinski definition) is 3. The molecule has 2 rings (SSSR count). The number of β-amino-alcohol motifs (C(OH)–C–C–N with tert-alkyl or cyclic N) is 1. The first kappa shape index (κ1) is 15.0. The van der Waals surface area contributed by atoms with E-state index in [1.54, 1.807) is 0 Å². The van der Waals surface area contributed by atoms with Gasteiger partial charge in [-0.1, -0.05) is 44.2 Å². The highest BCUT2D eigenvalue weighted by molar-refractivity contribution is 5.82. The zero-order chi connectivity index (χ0) is 14.6. The molecule has 0 radical (unpaired) electrons. The van der Waals surface area contributed by atoms with Gasteiger partial charge in [-0.15, -0.1) is 0 Å². The van der Waals surface area contributed by atoms with Crippen LogP contribution in [0.1, 0.15) is 19.4 Å². The van der Waals surface area contributed by atoms with E-state index >= 15 is 0 Å². The Labute approximate surface area is 120 Å². The van der Waals surface area contributed by atoms with Crippen molar-refractivity contribution in [3.05, 3.63) is 35.9 Å². The highest BCUT2D eigenvalue weighted by Crippen LogP contribution is 2.22. The van der Waals surface area contributed by atoms with Gasteiger partial charge >= 0.3 is 0 Å². The van der Waals surface area contributed by atoms with E-state index in [-0.39, 0.29) is 17.9 Å². The minimum absolute atomic E-state index is 0.0421. The predicted octanol–water partition coefficient (Wildman–Crippen LogP) is 0.952. The molecule has 1 aliphatic rings. The molecule has 0 spiro atoms. The Morgan fingerprint density at radius 3 is 2.65 bits per heavy atom. The van der Waals surface area contributed by atoms with Crippen molar-refractivity contribution in [1.82, 2.24) is 10.6 Å². The highest BCUT2D eigenvalue weighted by Gasteiger charge is 2.30. The Balaban J connectivity index is 1.87. The van der Waals surface area contributed by atoms with Gasteiger partial charge in [0, 0.05) is 31.0 Å². The molecule has 0 bridgehead atoms. The van der Waals surface area contributed by atoms with E-state index < -0.39 is 5.41 Å². The Bertz CT molecular complexity index is 445. The maximum atomic E-state index is 12.3. The van der Waals surface area contributed by atoms with Gasteiger partial charge in [-0.05, 0) is 12.0 Å². The van der Waals surface area contributed by atoms with E-state index in [1.807, 2.05) is 44.2 Å². The van der Waals surface area contributed by atoms with E-state index in [2.05, 4.69) is 10.6 Å². The Morgan fingerprint density at radius 1 is 1.35 bits per heavy atom. The predicted molar refractivity (Wildman–Crippen MR) is 79.3 cm³/mol. The number of carbonyl (C=O) groups excluding carboxylic acids is 1. The largest absolute Gasteiger partial charge is 0.391 e. The molecule has 0 saturated carbocycles. The second kappa shape index (κ2) is 6.37. The van der Waals surface area contributed by atoms with Gasteiger partial charge < -0.3 is 15.7 Å². The second-order valence-corrected chi connectivity index (χ2v) is 6.24. The standard InChI is InChI=1S/C16H24N2O2/c1-16(2,8-12-6-4-3-5-7-12)15(20)18-10-13-9-17-11-14(13)19/h3-7,13-14,17,19H,8-11H2,1-2H3,(H,18,20). The van der Waals surface area contributed by atoms with Crippen molar-refractivity contribution in [2.75, 3.05) is 19.6 Å². The van der Waals surface area contributed by atoms with Crippen LogP contribution in [0.2, 0.25) is 0 Å². The molecule has 1 heterocycles. The van der Waals surface area contributed by atoms with Crippen LogP contribution < -0.4 is 10.6 Å². The minimum atomic E-state index is -0.446. The van der Waals surface area contributed by atoms with Crippen LogP contribution in [0, 0.1) is 11.3 Å². The molecule has 4 nitrogen and oxygen atoms in total. The first-order valence-corrected chi connectivity index (χ1v) is 7.20. The molecule has 20 heavy (non-hydrogen) atoms. The molecular formula is C16H24N2O2. The molecule has 0 aromatic heterocycles. The summed E-state index contributed by atoms with van der Waals surface area (Å²) in [4.78, 5) is 12.3. The topological polar surface area (TPSA) is 61.4 Å². The summed E-state index contributed by atoms with van der Waals surface area (Å²) in [5.74, 6) is 0.159. The molecule has 1 aliphatic heterocycles. The molecule has 1 fully saturated rings. The van der Waals surface area contributed by atoms with Crippen molar-refractivity contribution < 1.29 is 9.90 Å². The van der Waals surface area contributed by atoms with Crippen molar-refractivity contribution in [3.8, 4) is 0 Å². The van der Waals surface area contributed by atoms with Crippen molar-refractivity contribution in [2.45, 2.75) is 26.4 Å². The number of amides is 1. The van der Waals surface area contributed by atoms with Crippen molar-refractivity contribution in [2.24, 2.45) is 11.3 Å². The molecule has 1 aromatic carbocycles. The molecule has 1 saturated heterocycles. The third-order valence-corrected chi connectivity index (χ3v) is 3.93. The molecule has 1 aromatic rings. The molecule has 2 atom stereocenters. The third kappa shape index (κ3) is 3.81. The Morgan fingerprint density at radius 2 is 2.05 bits per heavy atom. The average Bonchev–Trinajstić information content (AvgIpc) is 2.82. The van der Waals surface area contributed by atoms with Gasteiger partial charge in [-0.2, -0.15) is 0 Å². The quantitative estimate of drug-likeness (QED) is 0.750. The first-order valence-electron chi connectivity index (χ1n) is 7.20. The lowest BCUT2D eigenvalue weighted by molar-refractivity contribution is -0.129. The Kier molecular flexibility index (Phi) is 4.78. The molecule has 110 valence electrons. The number of hydrogen-bond acceptors (Lipinski definition) is 3. The van der Waals surface area contributed by atoms with Crippen LogP contribution in [0.25, 0.3) is 0 Å². The van der Waals surface area contributed by atoms with E-state index in [9.17, 15) is 9.90 Å². The molecule has 1 amide bonds. The fourth-order valence-corrected chi connectivity index (χ4v) is 2.58. The van der Waals surface area contributed by atoms with Gasteiger partial charge in [0.15, 0.2) is 0 Å². The summed E-state index contributed by atoms with van der Waals surface area (Å²) in [5, 5.41) is 15.8. The number of aliphatic hydroxyl groups excluding tert-OH is 1. The van der Waals surface area contributed by atoms with Gasteiger partial charge in [-0.25, -0.2) is 0 Å². The normalized spacial score (nSPS) is 22.8. The van der Waals surface area contributed by atoms with Crippen LogP contribution in [-0.4, -0.2) is 36.8 Å². The smallest absolute Gasteiger partial charge is 0.226 e. The molecule has 2 unspecified atom stereocenters. The van der Waals surface area contributed by atoms with Crippen molar-refractivity contribution in [1.29, 1.82) is 0 Å². The van der Waals surface area contributed by atoms with Crippen LogP contribution in [-0.2, 0) is 11.2 Å². The molecule has 3 N–H and O–H groups in total. The highest BCUT2D eigenvalue weighted by atomic mass is 16.3. The van der Waals surface area contributed by atoms with Crippen molar-refractivity contribution >= 4 is 5.91 Å². The van der Waals surface area contributed by atoms with Gasteiger partial charge in [0.05, 0.1) is 6.10 Å². The Hall–Kier alpha value is -1.39. The van der Waals surface area contributed by atoms with Gasteiger partial charge in [0.2, 0.25) is 5.91 Å². The second-order valence-electron chi connectivity index (χ2n) is 6.24. The van der Waals surface area contributed by atoms with E-state index in [4.69, 9.17) is 0 Å². The number of carbonyl (C=O) groups is 1. The summed E-state index contributed by atoms with van der Waals surface area (Å²) in [5.41, 5.74) is 0.716. The van der Waals surface area contributed by atoms with Crippen LogP contribution in [0.15, 0.2) is 30.3 Å². The first-order chi connectivity index (χ1) is 9.49. The monoisotopic (exact) mass is 276 g/mol. The maximum absolute atomic E-state index is 12.3. The van der Waals surface area contributed by atoms with E-state index in [0.29, 0.717) is 19.5 Å². The lowest BCUT2D eigenvalue weighted by Gasteiger charge is -2.25. The zero-order valence-electron chi connectivity index (χ0n) is 12.2. The van der Waals surface area contributed by atoms with E-state index in [1.165, 1.54) is 0 Å². The maximum Gasteiger partial charge on any atom is 0.226 e. The lowest BCUT2D eigenvalue weighted by atomic mass is 9.84. The van der Waals surface area contributed by atoms with Crippen LogP contribution in [0.4, 0.5) is 0 Å². The molecule has 0 aliphatic carbocycles. The SMILES string of the molecule is CC(C)(Cc1ccccc1)C(=O)NCC1CNCC1O. The van der Waals surface area contributed by atoms with E-state index in [0.717, 1.165) is 12.1 Å². The summed E-state index contributed by atoms with van der Waals surface area (Å²) < 4.78 is 0. The minimum Gasteiger partial charge on any atom is -0.391 e. The number of rotatable bonds is 5. The van der Waals surface area contributed by atoms with Gasteiger partial charge in [0.25, 0.3) is 0 Å². The number of aliphatic hydroxyl groups is 1. The average molecular weight is 276 g/mol. The number of benzene rings is 1.